The highest BCUT2D eigenvalue weighted by molar-refractivity contribution is 5.86. The van der Waals surface area contributed by atoms with Crippen LogP contribution in [0.5, 0.6) is 0 Å². The van der Waals surface area contributed by atoms with Crippen LogP contribution >= 0.6 is 0 Å². The maximum atomic E-state index is 14.8. The van der Waals surface area contributed by atoms with Crippen molar-refractivity contribution in [2.24, 2.45) is 0 Å². The van der Waals surface area contributed by atoms with Crippen LogP contribution in [0.4, 0.5) is 19.0 Å². The molecule has 10 heteroatoms. The minimum absolute atomic E-state index is 0.00715. The summed E-state index contributed by atoms with van der Waals surface area (Å²) in [5.41, 5.74) is 8.12. The zero-order valence-corrected chi connectivity index (χ0v) is 18.5. The van der Waals surface area contributed by atoms with Crippen molar-refractivity contribution in [3.63, 3.8) is 0 Å². The van der Waals surface area contributed by atoms with Gasteiger partial charge in [0.2, 0.25) is 0 Å². The molecule has 0 fully saturated rings. The summed E-state index contributed by atoms with van der Waals surface area (Å²) in [4.78, 5) is 8.22. The molecule has 1 aromatic carbocycles. The first kappa shape index (κ1) is 22.8. The third-order valence-corrected chi connectivity index (χ3v) is 6.96. The van der Waals surface area contributed by atoms with Crippen molar-refractivity contribution < 1.29 is 23.4 Å². The van der Waals surface area contributed by atoms with E-state index in [4.69, 9.17) is 5.73 Å². The summed E-state index contributed by atoms with van der Waals surface area (Å²) in [6, 6.07) is 2.41. The van der Waals surface area contributed by atoms with Gasteiger partial charge in [0.25, 0.3) is 6.43 Å². The van der Waals surface area contributed by atoms with E-state index in [1.807, 2.05) is 6.92 Å². The van der Waals surface area contributed by atoms with Crippen LogP contribution in [0.3, 0.4) is 0 Å². The molecule has 1 unspecified atom stereocenters. The number of aliphatic hydroxyl groups is 2. The summed E-state index contributed by atoms with van der Waals surface area (Å²) in [5, 5.41) is 25.4. The van der Waals surface area contributed by atoms with Gasteiger partial charge in [-0.3, -0.25) is 0 Å². The Morgan fingerprint density at radius 1 is 1.24 bits per heavy atom. The van der Waals surface area contributed by atoms with Crippen molar-refractivity contribution in [1.82, 2.24) is 19.9 Å². The molecule has 5 N–H and O–H groups in total. The van der Waals surface area contributed by atoms with Gasteiger partial charge in [0.05, 0.1) is 17.0 Å². The van der Waals surface area contributed by atoms with Crippen LogP contribution in [0.2, 0.25) is 0 Å². The maximum Gasteiger partial charge on any atom is 0.266 e. The Kier molecular flexibility index (Phi) is 5.83. The van der Waals surface area contributed by atoms with Crippen LogP contribution in [0.1, 0.15) is 48.1 Å². The summed E-state index contributed by atoms with van der Waals surface area (Å²) in [6.45, 7) is 2.29. The van der Waals surface area contributed by atoms with Gasteiger partial charge in [0, 0.05) is 18.8 Å². The molecule has 3 heterocycles. The predicted octanol–water partition coefficient (Wildman–Crippen LogP) is 2.96. The minimum Gasteiger partial charge on any atom is -0.388 e. The van der Waals surface area contributed by atoms with E-state index in [0.717, 1.165) is 0 Å². The monoisotopic (exact) mass is 473 g/mol. The number of alkyl halides is 2. The summed E-state index contributed by atoms with van der Waals surface area (Å²) < 4.78 is 43.6. The quantitative estimate of drug-likeness (QED) is 0.425. The number of aliphatic hydroxyl groups excluding tert-OH is 2. The lowest BCUT2D eigenvalue weighted by atomic mass is 9.87. The number of rotatable bonds is 5. The van der Waals surface area contributed by atoms with Gasteiger partial charge in [-0.05, 0) is 60.6 Å². The van der Waals surface area contributed by atoms with Gasteiger partial charge < -0.3 is 25.8 Å². The average Bonchev–Trinajstić information content (AvgIpc) is 3.35. The number of nitrogen functional groups attached to an aromatic ring is 1. The summed E-state index contributed by atoms with van der Waals surface area (Å²) in [7, 11) is 0. The lowest BCUT2D eigenvalue weighted by molar-refractivity contribution is 0.0317. The second-order valence-corrected chi connectivity index (χ2v) is 9.07. The molecule has 7 nitrogen and oxygen atoms in total. The van der Waals surface area contributed by atoms with Crippen molar-refractivity contribution >= 4 is 16.9 Å². The molecule has 0 radical (unpaired) electrons. The van der Waals surface area contributed by atoms with Gasteiger partial charge in [-0.25, -0.2) is 23.1 Å². The highest BCUT2D eigenvalue weighted by Crippen LogP contribution is 2.36. The van der Waals surface area contributed by atoms with Gasteiger partial charge in [-0.2, -0.15) is 0 Å². The van der Waals surface area contributed by atoms with E-state index in [1.54, 1.807) is 22.9 Å². The van der Waals surface area contributed by atoms with Crippen molar-refractivity contribution in [2.75, 3.05) is 5.73 Å². The molecule has 34 heavy (non-hydrogen) atoms. The Hall–Kier alpha value is -2.95. The Morgan fingerprint density at radius 3 is 2.79 bits per heavy atom. The molecular weight excluding hydrogens is 447 g/mol. The number of fused-ring (bicyclic) bond motifs is 2. The second-order valence-electron chi connectivity index (χ2n) is 9.07. The van der Waals surface area contributed by atoms with E-state index in [9.17, 15) is 23.4 Å². The number of aryl methyl sites for hydroxylation is 1. The van der Waals surface area contributed by atoms with E-state index in [1.165, 1.54) is 12.4 Å². The maximum absolute atomic E-state index is 14.8. The number of halogens is 3. The molecule has 0 saturated heterocycles. The number of anilines is 1. The van der Waals surface area contributed by atoms with E-state index >= 15 is 0 Å². The average molecular weight is 473 g/mol. The van der Waals surface area contributed by atoms with Gasteiger partial charge >= 0.3 is 0 Å². The van der Waals surface area contributed by atoms with Crippen molar-refractivity contribution in [2.45, 2.75) is 63.4 Å². The van der Waals surface area contributed by atoms with Crippen LogP contribution in [-0.2, 0) is 19.4 Å². The van der Waals surface area contributed by atoms with Crippen molar-refractivity contribution in [3.05, 3.63) is 64.4 Å². The van der Waals surface area contributed by atoms with Crippen LogP contribution < -0.4 is 11.1 Å². The molecule has 0 amide bonds. The molecule has 2 aromatic heterocycles. The van der Waals surface area contributed by atoms with E-state index < -0.39 is 36.1 Å². The fraction of sp³-hybridized carbons (Fsp3) is 0.417. The number of hydrogen-bond acceptors (Lipinski definition) is 6. The second kappa shape index (κ2) is 8.68. The Balaban J connectivity index is 1.44. The molecular formula is C24H26F3N5O2. The van der Waals surface area contributed by atoms with Crippen LogP contribution in [-0.4, -0.2) is 43.0 Å². The fourth-order valence-corrected chi connectivity index (χ4v) is 5.12. The molecule has 5 rings (SSSR count). The SMILES string of the molecule is CC1Cc2c(F)c(C(F)F)cc(CCC3=C[C@@H](n4ccc5c(N)ncnc54)[C@H](O)[C@@H]3O)c2CN1. The number of nitrogens with one attached hydrogen (secondary N) is 1. The highest BCUT2D eigenvalue weighted by atomic mass is 19.3. The van der Waals surface area contributed by atoms with E-state index in [0.29, 0.717) is 64.9 Å². The third-order valence-electron chi connectivity index (χ3n) is 6.96. The number of benzene rings is 1. The molecule has 180 valence electrons. The Bertz CT molecular complexity index is 1280. The molecule has 0 saturated carbocycles. The van der Waals surface area contributed by atoms with Crippen molar-refractivity contribution in [1.29, 1.82) is 0 Å². The van der Waals surface area contributed by atoms with E-state index in [2.05, 4.69) is 15.3 Å². The van der Waals surface area contributed by atoms with E-state index in [-0.39, 0.29) is 6.04 Å². The highest BCUT2D eigenvalue weighted by Gasteiger charge is 2.36. The Morgan fingerprint density at radius 2 is 2.03 bits per heavy atom. The van der Waals surface area contributed by atoms with Gasteiger partial charge in [-0.15, -0.1) is 0 Å². The number of aromatic nitrogens is 3. The smallest absolute Gasteiger partial charge is 0.266 e. The number of hydrogen-bond donors (Lipinski definition) is 4. The number of nitrogens with zero attached hydrogens (tertiary/aromatic N) is 3. The first-order chi connectivity index (χ1) is 16.3. The normalized spacial score (nSPS) is 24.6. The molecule has 2 aliphatic rings. The lowest BCUT2D eigenvalue weighted by Crippen LogP contribution is -2.34. The molecule has 3 aromatic rings. The molecule has 0 bridgehead atoms. The largest absolute Gasteiger partial charge is 0.388 e. The zero-order chi connectivity index (χ0) is 24.1. The van der Waals surface area contributed by atoms with Gasteiger partial charge in [0.15, 0.2) is 0 Å². The predicted molar refractivity (Wildman–Crippen MR) is 121 cm³/mol. The molecule has 4 atom stereocenters. The first-order valence-electron chi connectivity index (χ1n) is 11.2. The Labute approximate surface area is 194 Å². The summed E-state index contributed by atoms with van der Waals surface area (Å²) >= 11 is 0. The third kappa shape index (κ3) is 3.75. The fourth-order valence-electron chi connectivity index (χ4n) is 5.12. The first-order valence-corrected chi connectivity index (χ1v) is 11.2. The zero-order valence-electron chi connectivity index (χ0n) is 18.5. The summed E-state index contributed by atoms with van der Waals surface area (Å²) in [5.74, 6) is -0.502. The van der Waals surface area contributed by atoms with Gasteiger partial charge in [-0.1, -0.05) is 6.08 Å². The van der Waals surface area contributed by atoms with Crippen molar-refractivity contribution in [3.8, 4) is 0 Å². The summed E-state index contributed by atoms with van der Waals surface area (Å²) in [6.07, 6.45) is 0.715. The molecule has 1 aliphatic carbocycles. The van der Waals surface area contributed by atoms with Crippen LogP contribution in [0.25, 0.3) is 11.0 Å². The van der Waals surface area contributed by atoms with Crippen LogP contribution in [0, 0.1) is 5.82 Å². The molecule has 0 spiro atoms. The van der Waals surface area contributed by atoms with Crippen LogP contribution in [0.15, 0.2) is 36.3 Å². The minimum atomic E-state index is -2.91. The standard InChI is InChI=1S/C24H26F3N5O2/c1-11-6-15-17(9-29-11)12(7-16(19(15)25)22(26)27)2-3-13-8-18(21(34)20(13)33)32-5-4-14-23(28)30-10-31-24(14)32/h4-5,7-8,10-11,18,20-22,29,33-34H,2-3,6,9H2,1H3,(H2,28,30,31)/t11?,18-,20-,21+/m1/s1. The lowest BCUT2D eigenvalue weighted by Gasteiger charge is -2.27. The van der Waals surface area contributed by atoms with Gasteiger partial charge in [0.1, 0.15) is 35.8 Å². The molecule has 1 aliphatic heterocycles. The topological polar surface area (TPSA) is 109 Å². The number of nitrogens with two attached hydrogens (primary N) is 1.